The number of nitrogens with one attached hydrogen (secondary N) is 2. The fourth-order valence-corrected chi connectivity index (χ4v) is 3.82. The summed E-state index contributed by atoms with van der Waals surface area (Å²) in [7, 11) is 0. The minimum absolute atomic E-state index is 0.0506. The van der Waals surface area contributed by atoms with E-state index in [2.05, 4.69) is 59.5 Å². The zero-order valence-electron chi connectivity index (χ0n) is 17.5. The Morgan fingerprint density at radius 2 is 1.90 bits per heavy atom. The Kier molecular flexibility index (Phi) is 5.94. The molecule has 0 aliphatic carbocycles. The summed E-state index contributed by atoms with van der Waals surface area (Å²) >= 11 is 0. The normalized spacial score (nSPS) is 11.0. The number of nitrogens with zero attached hydrogens (tertiary/aromatic N) is 1. The molecule has 4 aromatic rings. The third-order valence-corrected chi connectivity index (χ3v) is 5.46. The second-order valence-electron chi connectivity index (χ2n) is 7.69. The van der Waals surface area contributed by atoms with E-state index >= 15 is 0 Å². The molecule has 2 aromatic heterocycles. The largest absolute Gasteiger partial charge is 0.353 e. The van der Waals surface area contributed by atoms with Crippen molar-refractivity contribution in [2.75, 3.05) is 5.32 Å². The highest BCUT2D eigenvalue weighted by Crippen LogP contribution is 2.31. The molecule has 4 nitrogen and oxygen atoms in total. The van der Waals surface area contributed by atoms with Gasteiger partial charge in [0.15, 0.2) is 0 Å². The molecule has 0 atom stereocenters. The van der Waals surface area contributed by atoms with Crippen molar-refractivity contribution in [2.24, 2.45) is 0 Å². The van der Waals surface area contributed by atoms with Crippen molar-refractivity contribution in [3.8, 4) is 11.4 Å². The van der Waals surface area contributed by atoms with Crippen molar-refractivity contribution in [1.29, 1.82) is 0 Å². The van der Waals surface area contributed by atoms with Crippen LogP contribution in [0.4, 0.5) is 5.69 Å². The summed E-state index contributed by atoms with van der Waals surface area (Å²) in [5, 5.41) is 4.22. The van der Waals surface area contributed by atoms with E-state index in [0.717, 1.165) is 41.9 Å². The number of rotatable bonds is 7. The van der Waals surface area contributed by atoms with Crippen LogP contribution in [0.1, 0.15) is 36.5 Å². The number of carbonyl (C=O) groups is 1. The van der Waals surface area contributed by atoms with Gasteiger partial charge in [-0.2, -0.15) is 0 Å². The van der Waals surface area contributed by atoms with E-state index in [-0.39, 0.29) is 5.91 Å². The van der Waals surface area contributed by atoms with Gasteiger partial charge in [-0.05, 0) is 73.7 Å². The lowest BCUT2D eigenvalue weighted by Gasteiger charge is -2.07. The monoisotopic (exact) mass is 397 g/mol. The molecule has 0 saturated carbocycles. The smallest absolute Gasteiger partial charge is 0.224 e. The summed E-state index contributed by atoms with van der Waals surface area (Å²) in [5.74, 6) is 0.0506. The second-order valence-corrected chi connectivity index (χ2v) is 7.69. The van der Waals surface area contributed by atoms with Gasteiger partial charge in [0.1, 0.15) is 0 Å². The molecule has 0 aliphatic heterocycles. The van der Waals surface area contributed by atoms with Gasteiger partial charge in [-0.15, -0.1) is 0 Å². The van der Waals surface area contributed by atoms with Gasteiger partial charge in [-0.1, -0.05) is 36.8 Å². The maximum atomic E-state index is 12.4. The van der Waals surface area contributed by atoms with Crippen molar-refractivity contribution in [3.05, 3.63) is 83.6 Å². The van der Waals surface area contributed by atoms with Crippen LogP contribution >= 0.6 is 0 Å². The van der Waals surface area contributed by atoms with Crippen LogP contribution < -0.4 is 5.32 Å². The van der Waals surface area contributed by atoms with Gasteiger partial charge in [0.25, 0.3) is 0 Å². The Balaban J connectivity index is 1.49. The molecule has 4 rings (SSSR count). The SMILES string of the molecule is CCc1ccc(NC(=O)CCCc2c(-c3ccccn3)[nH]c3ccc(C)cc23)cc1. The lowest BCUT2D eigenvalue weighted by Crippen LogP contribution is -2.11. The van der Waals surface area contributed by atoms with Crippen LogP contribution in [0.15, 0.2) is 66.9 Å². The molecule has 0 spiro atoms. The molecular weight excluding hydrogens is 370 g/mol. The molecule has 0 bridgehead atoms. The molecule has 2 aromatic carbocycles. The number of aromatic nitrogens is 2. The zero-order chi connectivity index (χ0) is 20.9. The van der Waals surface area contributed by atoms with Gasteiger partial charge >= 0.3 is 0 Å². The number of fused-ring (bicyclic) bond motifs is 1. The standard InChI is InChI=1S/C26H27N3O/c1-3-19-11-13-20(14-12-19)28-25(30)9-6-7-21-22-17-18(2)10-15-23(22)29-26(21)24-8-4-5-16-27-24/h4-5,8,10-17,29H,3,6-7,9H2,1-2H3,(H,28,30). The summed E-state index contributed by atoms with van der Waals surface area (Å²) in [6.07, 6.45) is 4.89. The van der Waals surface area contributed by atoms with Gasteiger partial charge in [-0.3, -0.25) is 9.78 Å². The summed E-state index contributed by atoms with van der Waals surface area (Å²) in [4.78, 5) is 20.5. The Morgan fingerprint density at radius 3 is 2.63 bits per heavy atom. The van der Waals surface area contributed by atoms with E-state index in [9.17, 15) is 4.79 Å². The quantitative estimate of drug-likeness (QED) is 0.398. The molecule has 0 unspecified atom stereocenters. The lowest BCUT2D eigenvalue weighted by atomic mass is 10.0. The number of carbonyl (C=O) groups excluding carboxylic acids is 1. The van der Waals surface area contributed by atoms with Crippen LogP contribution in [0.5, 0.6) is 0 Å². The zero-order valence-corrected chi connectivity index (χ0v) is 17.5. The van der Waals surface area contributed by atoms with Crippen molar-refractivity contribution in [2.45, 2.75) is 39.5 Å². The van der Waals surface area contributed by atoms with E-state index in [1.807, 2.05) is 36.5 Å². The maximum absolute atomic E-state index is 12.4. The molecule has 0 saturated heterocycles. The van der Waals surface area contributed by atoms with Crippen molar-refractivity contribution in [1.82, 2.24) is 9.97 Å². The molecule has 0 aliphatic rings. The Morgan fingerprint density at radius 1 is 1.07 bits per heavy atom. The van der Waals surface area contributed by atoms with Crippen LogP contribution in [0.2, 0.25) is 0 Å². The highest BCUT2D eigenvalue weighted by atomic mass is 16.1. The van der Waals surface area contributed by atoms with Crippen LogP contribution in [-0.2, 0) is 17.6 Å². The van der Waals surface area contributed by atoms with Gasteiger partial charge in [0.05, 0.1) is 11.4 Å². The third kappa shape index (κ3) is 4.43. The Labute approximate surface area is 177 Å². The highest BCUT2D eigenvalue weighted by Gasteiger charge is 2.14. The number of pyridine rings is 1. The summed E-state index contributed by atoms with van der Waals surface area (Å²) in [5.41, 5.74) is 7.67. The Hall–Kier alpha value is -3.40. The molecule has 152 valence electrons. The number of H-pyrrole nitrogens is 1. The fraction of sp³-hybridized carbons (Fsp3) is 0.231. The predicted molar refractivity (Wildman–Crippen MR) is 124 cm³/mol. The maximum Gasteiger partial charge on any atom is 0.224 e. The topological polar surface area (TPSA) is 57.8 Å². The molecule has 0 fully saturated rings. The first kappa shape index (κ1) is 19.9. The summed E-state index contributed by atoms with van der Waals surface area (Å²) in [6, 6.07) is 20.4. The average molecular weight is 398 g/mol. The molecule has 30 heavy (non-hydrogen) atoms. The molecule has 0 radical (unpaired) electrons. The number of hydrogen-bond donors (Lipinski definition) is 2. The Bertz CT molecular complexity index is 1140. The van der Waals surface area contributed by atoms with Crippen molar-refractivity contribution in [3.63, 3.8) is 0 Å². The van der Waals surface area contributed by atoms with Gasteiger partial charge in [0, 0.05) is 29.2 Å². The number of aryl methyl sites for hydroxylation is 3. The molecule has 2 N–H and O–H groups in total. The highest BCUT2D eigenvalue weighted by molar-refractivity contribution is 5.92. The first-order chi connectivity index (χ1) is 14.6. The lowest BCUT2D eigenvalue weighted by molar-refractivity contribution is -0.116. The second kappa shape index (κ2) is 8.95. The fourth-order valence-electron chi connectivity index (χ4n) is 3.82. The van der Waals surface area contributed by atoms with E-state index < -0.39 is 0 Å². The van der Waals surface area contributed by atoms with Crippen molar-refractivity contribution >= 4 is 22.5 Å². The van der Waals surface area contributed by atoms with E-state index in [4.69, 9.17) is 0 Å². The van der Waals surface area contributed by atoms with Crippen molar-refractivity contribution < 1.29 is 4.79 Å². The van der Waals surface area contributed by atoms with Crippen LogP contribution in [0, 0.1) is 6.92 Å². The molecule has 2 heterocycles. The van der Waals surface area contributed by atoms with Gasteiger partial charge < -0.3 is 10.3 Å². The van der Waals surface area contributed by atoms with Crippen LogP contribution in [-0.4, -0.2) is 15.9 Å². The number of hydrogen-bond acceptors (Lipinski definition) is 2. The summed E-state index contributed by atoms with van der Waals surface area (Å²) in [6.45, 7) is 4.23. The number of anilines is 1. The average Bonchev–Trinajstić information content (AvgIpc) is 3.12. The molecular formula is C26H27N3O. The minimum Gasteiger partial charge on any atom is -0.353 e. The van der Waals surface area contributed by atoms with Crippen LogP contribution in [0.3, 0.4) is 0 Å². The van der Waals surface area contributed by atoms with Gasteiger partial charge in [0.2, 0.25) is 5.91 Å². The van der Waals surface area contributed by atoms with E-state index in [0.29, 0.717) is 6.42 Å². The number of aromatic amines is 1. The summed E-state index contributed by atoms with van der Waals surface area (Å²) < 4.78 is 0. The van der Waals surface area contributed by atoms with E-state index in [1.165, 1.54) is 22.1 Å². The van der Waals surface area contributed by atoms with Crippen LogP contribution in [0.25, 0.3) is 22.3 Å². The first-order valence-corrected chi connectivity index (χ1v) is 10.6. The third-order valence-electron chi connectivity index (χ3n) is 5.46. The molecule has 1 amide bonds. The first-order valence-electron chi connectivity index (χ1n) is 10.6. The van der Waals surface area contributed by atoms with E-state index in [1.54, 1.807) is 0 Å². The number of benzene rings is 2. The molecule has 4 heteroatoms. The van der Waals surface area contributed by atoms with Gasteiger partial charge in [-0.25, -0.2) is 0 Å². The minimum atomic E-state index is 0.0506. The predicted octanol–water partition coefficient (Wildman–Crippen LogP) is 6.06. The number of amides is 1.